The molecule has 0 bridgehead atoms. The van der Waals surface area contributed by atoms with Crippen molar-refractivity contribution in [1.82, 2.24) is 5.32 Å². The van der Waals surface area contributed by atoms with Gasteiger partial charge < -0.3 is 5.32 Å². The fourth-order valence-corrected chi connectivity index (χ4v) is 1.28. The monoisotopic (exact) mass is 121 g/mol. The molecule has 9 heavy (non-hydrogen) atoms. The van der Waals surface area contributed by atoms with Crippen molar-refractivity contribution in [3.8, 4) is 0 Å². The fourth-order valence-electron chi connectivity index (χ4n) is 1.28. The molecular weight excluding hydrogens is 110 g/mol. The Labute approximate surface area is 55.5 Å². The molecule has 2 saturated carbocycles. The molecule has 2 aliphatic carbocycles. The first-order valence-electron chi connectivity index (χ1n) is 3.36. The van der Waals surface area contributed by atoms with E-state index in [0.717, 1.165) is 11.6 Å². The zero-order valence-electron chi connectivity index (χ0n) is 5.48. The third kappa shape index (κ3) is 0.607. The zero-order chi connectivity index (χ0) is 6.48. The second-order valence-corrected chi connectivity index (χ2v) is 3.12. The van der Waals surface area contributed by atoms with E-state index in [1.165, 1.54) is 12.8 Å². The van der Waals surface area contributed by atoms with Crippen LogP contribution in [0.4, 0.5) is 0 Å². The number of allylic oxidation sites excluding steroid dienone is 1. The van der Waals surface area contributed by atoms with Crippen LogP contribution >= 0.6 is 0 Å². The van der Waals surface area contributed by atoms with E-state index in [2.05, 4.69) is 18.5 Å². The highest BCUT2D eigenvalue weighted by Crippen LogP contribution is 2.66. The second kappa shape index (κ2) is 1.23. The van der Waals surface area contributed by atoms with E-state index >= 15 is 0 Å². The molecule has 1 N–H and O–H groups in total. The zero-order valence-corrected chi connectivity index (χ0v) is 5.48. The van der Waals surface area contributed by atoms with Gasteiger partial charge in [0.25, 0.3) is 0 Å². The van der Waals surface area contributed by atoms with Crippen LogP contribution in [-0.2, 0) is 0 Å². The summed E-state index contributed by atoms with van der Waals surface area (Å²) >= 11 is 0. The molecule has 2 aliphatic rings. The minimum Gasteiger partial charge on any atom is -0.380 e. The van der Waals surface area contributed by atoms with Crippen molar-refractivity contribution in [2.24, 2.45) is 5.92 Å². The van der Waals surface area contributed by atoms with E-state index in [0.29, 0.717) is 5.54 Å². The lowest BCUT2D eigenvalue weighted by Crippen LogP contribution is -2.20. The molecule has 0 aliphatic heterocycles. The maximum absolute atomic E-state index is 3.80. The summed E-state index contributed by atoms with van der Waals surface area (Å²) in [6, 6.07) is 0. The molecule has 0 saturated heterocycles. The number of hydrogen-bond donors (Lipinski definition) is 1. The van der Waals surface area contributed by atoms with Crippen LogP contribution in [0.25, 0.3) is 0 Å². The Bertz CT molecular complexity index is 175. The average Bonchev–Trinajstić information content (AvgIpc) is 2.54. The molecule has 0 unspecified atom stereocenters. The summed E-state index contributed by atoms with van der Waals surface area (Å²) in [6.07, 6.45) is 4.50. The van der Waals surface area contributed by atoms with Gasteiger partial charge in [0.15, 0.2) is 0 Å². The van der Waals surface area contributed by atoms with Crippen LogP contribution in [0.15, 0.2) is 24.9 Å². The first kappa shape index (κ1) is 5.10. The van der Waals surface area contributed by atoms with Crippen LogP contribution in [0.1, 0.15) is 12.8 Å². The van der Waals surface area contributed by atoms with Gasteiger partial charge in [0.2, 0.25) is 0 Å². The molecule has 1 nitrogen and oxygen atoms in total. The van der Waals surface area contributed by atoms with Crippen molar-refractivity contribution in [2.75, 3.05) is 0 Å². The van der Waals surface area contributed by atoms with Gasteiger partial charge in [-0.2, -0.15) is 0 Å². The fraction of sp³-hybridized carbons (Fsp3) is 0.500. The molecule has 1 heteroatoms. The molecule has 0 radical (unpaired) electrons. The first-order valence-corrected chi connectivity index (χ1v) is 3.36. The number of fused-ring (bicyclic) bond motifs is 1. The summed E-state index contributed by atoms with van der Waals surface area (Å²) < 4.78 is 0. The van der Waals surface area contributed by atoms with Crippen LogP contribution in [0.3, 0.4) is 0 Å². The van der Waals surface area contributed by atoms with Crippen molar-refractivity contribution in [2.45, 2.75) is 18.4 Å². The molecule has 0 amide bonds. The van der Waals surface area contributed by atoms with Crippen LogP contribution in [0, 0.1) is 5.92 Å². The normalized spacial score (nSPS) is 42.9. The van der Waals surface area contributed by atoms with E-state index in [9.17, 15) is 0 Å². The van der Waals surface area contributed by atoms with E-state index in [1.54, 1.807) is 6.08 Å². The molecule has 2 rings (SSSR count). The standard InChI is InChI=1S/C8H11N/c1-3-6(2)9-8-4-7(8)5-8/h3,7,9H,1-2,4-5H2. The Morgan fingerprint density at radius 2 is 2.22 bits per heavy atom. The van der Waals surface area contributed by atoms with E-state index in [1.807, 2.05) is 0 Å². The second-order valence-electron chi connectivity index (χ2n) is 3.12. The third-order valence-corrected chi connectivity index (χ3v) is 2.34. The molecule has 0 aromatic rings. The van der Waals surface area contributed by atoms with Crippen molar-refractivity contribution in [3.63, 3.8) is 0 Å². The van der Waals surface area contributed by atoms with Gasteiger partial charge in [0, 0.05) is 11.2 Å². The highest BCUT2D eigenvalue weighted by atomic mass is 15.1. The Balaban J connectivity index is 1.90. The Morgan fingerprint density at radius 1 is 1.67 bits per heavy atom. The molecule has 0 spiro atoms. The Morgan fingerprint density at radius 3 is 2.56 bits per heavy atom. The predicted molar refractivity (Wildman–Crippen MR) is 37.9 cm³/mol. The van der Waals surface area contributed by atoms with Gasteiger partial charge in [-0.1, -0.05) is 13.2 Å². The topological polar surface area (TPSA) is 12.0 Å². The number of rotatable bonds is 3. The Kier molecular flexibility index (Phi) is 0.696. The van der Waals surface area contributed by atoms with Crippen molar-refractivity contribution < 1.29 is 0 Å². The predicted octanol–water partition coefficient (Wildman–Crippen LogP) is 1.44. The van der Waals surface area contributed by atoms with Crippen molar-refractivity contribution in [3.05, 3.63) is 24.9 Å². The summed E-state index contributed by atoms with van der Waals surface area (Å²) in [7, 11) is 0. The van der Waals surface area contributed by atoms with Gasteiger partial charge in [0.1, 0.15) is 0 Å². The van der Waals surface area contributed by atoms with Gasteiger partial charge >= 0.3 is 0 Å². The lowest BCUT2D eigenvalue weighted by molar-refractivity contribution is 0.678. The number of nitrogens with one attached hydrogen (secondary N) is 1. The molecule has 0 heterocycles. The van der Waals surface area contributed by atoms with Crippen LogP contribution in [0.5, 0.6) is 0 Å². The van der Waals surface area contributed by atoms with E-state index in [4.69, 9.17) is 0 Å². The average molecular weight is 121 g/mol. The van der Waals surface area contributed by atoms with Crippen LogP contribution in [-0.4, -0.2) is 5.54 Å². The third-order valence-electron chi connectivity index (χ3n) is 2.34. The summed E-state index contributed by atoms with van der Waals surface area (Å²) in [4.78, 5) is 0. The molecule has 2 fully saturated rings. The summed E-state index contributed by atoms with van der Waals surface area (Å²) in [5, 5.41) is 3.34. The largest absolute Gasteiger partial charge is 0.380 e. The minimum atomic E-state index is 0.519. The van der Waals surface area contributed by atoms with E-state index < -0.39 is 0 Å². The van der Waals surface area contributed by atoms with Gasteiger partial charge in [-0.15, -0.1) is 0 Å². The quantitative estimate of drug-likeness (QED) is 0.557. The van der Waals surface area contributed by atoms with Crippen LogP contribution < -0.4 is 5.32 Å². The van der Waals surface area contributed by atoms with Gasteiger partial charge in [-0.3, -0.25) is 0 Å². The minimum absolute atomic E-state index is 0.519. The van der Waals surface area contributed by atoms with Crippen molar-refractivity contribution >= 4 is 0 Å². The summed E-state index contributed by atoms with van der Waals surface area (Å²) in [6.45, 7) is 7.43. The first-order chi connectivity index (χ1) is 4.27. The van der Waals surface area contributed by atoms with Gasteiger partial charge in [-0.25, -0.2) is 0 Å². The van der Waals surface area contributed by atoms with E-state index in [-0.39, 0.29) is 0 Å². The molecule has 0 atom stereocenters. The molecule has 0 aromatic heterocycles. The van der Waals surface area contributed by atoms with Crippen molar-refractivity contribution in [1.29, 1.82) is 0 Å². The highest BCUT2D eigenvalue weighted by Gasteiger charge is 2.69. The summed E-state index contributed by atoms with van der Waals surface area (Å²) in [5.74, 6) is 0.981. The lowest BCUT2D eigenvalue weighted by Gasteiger charge is -2.06. The van der Waals surface area contributed by atoms with Gasteiger partial charge in [0.05, 0.1) is 0 Å². The molecule has 48 valence electrons. The lowest BCUT2D eigenvalue weighted by atomic mass is 10.3. The summed E-state index contributed by atoms with van der Waals surface area (Å²) in [5.41, 5.74) is 1.50. The number of hydrogen-bond acceptors (Lipinski definition) is 1. The molecule has 0 aromatic carbocycles. The molecular formula is C8H11N. The highest BCUT2D eigenvalue weighted by molar-refractivity contribution is 5.31. The van der Waals surface area contributed by atoms with Gasteiger partial charge in [-0.05, 0) is 24.8 Å². The maximum Gasteiger partial charge on any atom is 0.0410 e. The Hall–Kier alpha value is -0.720. The smallest absolute Gasteiger partial charge is 0.0410 e. The SMILES string of the molecule is C=CC(=C)NC12CC1C2. The van der Waals surface area contributed by atoms with Crippen LogP contribution in [0.2, 0.25) is 0 Å². The maximum atomic E-state index is 3.80.